The number of ether oxygens (including phenoxy) is 1. The Morgan fingerprint density at radius 1 is 1.20 bits per heavy atom. The number of urea groups is 1. The van der Waals surface area contributed by atoms with Crippen LogP contribution in [0.25, 0.3) is 0 Å². The first-order chi connectivity index (χ1) is 9.27. The van der Waals surface area contributed by atoms with E-state index in [1.54, 1.807) is 38.0 Å². The van der Waals surface area contributed by atoms with Crippen LogP contribution in [0.1, 0.15) is 0 Å². The van der Waals surface area contributed by atoms with Crippen molar-refractivity contribution < 1.29 is 19.1 Å². The van der Waals surface area contributed by atoms with Crippen molar-refractivity contribution in [1.82, 2.24) is 20.0 Å². The van der Waals surface area contributed by atoms with Gasteiger partial charge in [0.2, 0.25) is 0 Å². The van der Waals surface area contributed by atoms with Crippen LogP contribution in [-0.4, -0.2) is 67.9 Å². The molecule has 0 saturated carbocycles. The third-order valence-corrected chi connectivity index (χ3v) is 2.28. The average Bonchev–Trinajstić information content (AvgIpc) is 2.60. The van der Waals surface area contributed by atoms with Gasteiger partial charge in [0.1, 0.15) is 5.70 Å². The number of hydrogen-bond acceptors (Lipinski definition) is 6. The summed E-state index contributed by atoms with van der Waals surface area (Å²) in [6.07, 6.45) is 2.81. The molecule has 1 aliphatic heterocycles. The summed E-state index contributed by atoms with van der Waals surface area (Å²) in [5, 5.41) is 2.41. The number of nitrogens with zero attached hydrogens (tertiary/aromatic N) is 3. The Labute approximate surface area is 117 Å². The Bertz CT molecular complexity index is 494. The van der Waals surface area contributed by atoms with Crippen LogP contribution in [0.3, 0.4) is 0 Å². The van der Waals surface area contributed by atoms with E-state index in [-0.39, 0.29) is 11.4 Å². The van der Waals surface area contributed by atoms with Crippen molar-refractivity contribution in [2.24, 2.45) is 0 Å². The van der Waals surface area contributed by atoms with Gasteiger partial charge in [-0.25, -0.2) is 14.5 Å². The molecular formula is C12H18N4O4. The maximum absolute atomic E-state index is 12.2. The van der Waals surface area contributed by atoms with Crippen LogP contribution < -0.4 is 5.32 Å². The van der Waals surface area contributed by atoms with Crippen molar-refractivity contribution >= 4 is 17.9 Å². The van der Waals surface area contributed by atoms with Gasteiger partial charge < -0.3 is 19.9 Å². The highest BCUT2D eigenvalue weighted by atomic mass is 16.5. The van der Waals surface area contributed by atoms with Crippen molar-refractivity contribution in [3.05, 3.63) is 23.8 Å². The molecule has 0 spiro atoms. The first kappa shape index (κ1) is 15.5. The van der Waals surface area contributed by atoms with Crippen molar-refractivity contribution in [1.29, 1.82) is 0 Å². The Hall–Kier alpha value is -2.51. The molecule has 1 N–H and O–H groups in total. The summed E-state index contributed by atoms with van der Waals surface area (Å²) in [5.41, 5.74) is -0.0595. The van der Waals surface area contributed by atoms with E-state index < -0.39 is 17.9 Å². The lowest BCUT2D eigenvalue weighted by atomic mass is 10.3. The fourth-order valence-electron chi connectivity index (χ4n) is 1.55. The normalized spacial score (nSPS) is 17.4. The van der Waals surface area contributed by atoms with E-state index in [0.29, 0.717) is 0 Å². The Morgan fingerprint density at radius 2 is 1.80 bits per heavy atom. The summed E-state index contributed by atoms with van der Waals surface area (Å²) >= 11 is 0. The van der Waals surface area contributed by atoms with Gasteiger partial charge in [-0.05, 0) is 0 Å². The second kappa shape index (κ2) is 6.09. The number of hydrogen-bond donors (Lipinski definition) is 1. The van der Waals surface area contributed by atoms with Gasteiger partial charge in [0, 0.05) is 40.6 Å². The second-order valence-electron chi connectivity index (χ2n) is 4.55. The molecule has 0 unspecified atom stereocenters. The number of amides is 3. The van der Waals surface area contributed by atoms with Crippen LogP contribution in [0.5, 0.6) is 0 Å². The van der Waals surface area contributed by atoms with Gasteiger partial charge in [0.05, 0.1) is 7.11 Å². The van der Waals surface area contributed by atoms with Crippen molar-refractivity contribution in [3.8, 4) is 0 Å². The molecule has 1 fully saturated rings. The molecule has 0 aromatic heterocycles. The smallest absolute Gasteiger partial charge is 0.356 e. The maximum atomic E-state index is 12.2. The lowest BCUT2D eigenvalue weighted by Gasteiger charge is -2.16. The Balaban J connectivity index is 3.19. The molecule has 1 rings (SSSR count). The third-order valence-electron chi connectivity index (χ3n) is 2.28. The lowest BCUT2D eigenvalue weighted by Crippen LogP contribution is -2.35. The summed E-state index contributed by atoms with van der Waals surface area (Å²) in [6, 6.07) is -0.693. The van der Waals surface area contributed by atoms with Gasteiger partial charge in [0.15, 0.2) is 5.70 Å². The average molecular weight is 282 g/mol. The fraction of sp³-hybridized carbons (Fsp3) is 0.417. The Kier molecular flexibility index (Phi) is 4.73. The first-order valence-electron chi connectivity index (χ1n) is 5.78. The molecule has 0 aliphatic carbocycles. The number of imide groups is 1. The number of carbonyl (C=O) groups excluding carboxylic acids is 3. The third kappa shape index (κ3) is 3.28. The predicted molar refractivity (Wildman–Crippen MR) is 70.9 cm³/mol. The van der Waals surface area contributed by atoms with Gasteiger partial charge in [-0.1, -0.05) is 0 Å². The summed E-state index contributed by atoms with van der Waals surface area (Å²) in [7, 11) is 7.94. The fourth-order valence-corrected chi connectivity index (χ4v) is 1.55. The molecule has 8 nitrogen and oxygen atoms in total. The first-order valence-corrected chi connectivity index (χ1v) is 5.78. The predicted octanol–water partition coefficient (Wildman–Crippen LogP) is -0.483. The molecule has 20 heavy (non-hydrogen) atoms. The zero-order valence-electron chi connectivity index (χ0n) is 12.1. The SMILES string of the molecule is COC(=O)/C(=C\N(C)C)N1C(=O)N/C(=C\N(C)C)C1=O. The molecule has 0 bridgehead atoms. The van der Waals surface area contributed by atoms with Gasteiger partial charge in [-0.15, -0.1) is 0 Å². The minimum absolute atomic E-state index is 0.0913. The monoisotopic (exact) mass is 282 g/mol. The van der Waals surface area contributed by atoms with E-state index in [2.05, 4.69) is 10.1 Å². The molecule has 0 aromatic rings. The van der Waals surface area contributed by atoms with Gasteiger partial charge in [-0.2, -0.15) is 0 Å². The van der Waals surface area contributed by atoms with Crippen molar-refractivity contribution in [2.75, 3.05) is 35.3 Å². The minimum Gasteiger partial charge on any atom is -0.464 e. The van der Waals surface area contributed by atoms with E-state index in [4.69, 9.17) is 0 Å². The van der Waals surface area contributed by atoms with E-state index in [1.165, 1.54) is 19.5 Å². The number of methoxy groups -OCH3 is 1. The molecule has 110 valence electrons. The van der Waals surface area contributed by atoms with Gasteiger partial charge in [-0.3, -0.25) is 4.79 Å². The highest BCUT2D eigenvalue weighted by Gasteiger charge is 2.39. The van der Waals surface area contributed by atoms with Gasteiger partial charge in [0.25, 0.3) is 5.91 Å². The highest BCUT2D eigenvalue weighted by molar-refractivity contribution is 6.16. The number of nitrogens with one attached hydrogen (secondary N) is 1. The number of esters is 1. The van der Waals surface area contributed by atoms with Crippen molar-refractivity contribution in [3.63, 3.8) is 0 Å². The summed E-state index contributed by atoms with van der Waals surface area (Å²) < 4.78 is 4.60. The molecule has 1 heterocycles. The molecular weight excluding hydrogens is 264 g/mol. The highest BCUT2D eigenvalue weighted by Crippen LogP contribution is 2.17. The number of rotatable bonds is 4. The summed E-state index contributed by atoms with van der Waals surface area (Å²) in [5.74, 6) is -1.38. The largest absolute Gasteiger partial charge is 0.464 e. The van der Waals surface area contributed by atoms with E-state index in [0.717, 1.165) is 4.90 Å². The van der Waals surface area contributed by atoms with Crippen LogP contribution >= 0.6 is 0 Å². The van der Waals surface area contributed by atoms with Gasteiger partial charge >= 0.3 is 12.0 Å². The molecule has 1 aliphatic rings. The van der Waals surface area contributed by atoms with E-state index in [9.17, 15) is 14.4 Å². The molecule has 0 radical (unpaired) electrons. The molecule has 0 aromatic carbocycles. The summed E-state index contributed by atoms with van der Waals surface area (Å²) in [6.45, 7) is 0. The van der Waals surface area contributed by atoms with Crippen molar-refractivity contribution in [2.45, 2.75) is 0 Å². The molecule has 0 atom stereocenters. The quantitative estimate of drug-likeness (QED) is 0.426. The Morgan fingerprint density at radius 3 is 2.25 bits per heavy atom. The van der Waals surface area contributed by atoms with E-state index in [1.807, 2.05) is 0 Å². The molecule has 3 amide bonds. The molecule has 1 saturated heterocycles. The van der Waals surface area contributed by atoms with Crippen LogP contribution in [0.15, 0.2) is 23.8 Å². The van der Waals surface area contributed by atoms with Crippen LogP contribution in [0.2, 0.25) is 0 Å². The summed E-state index contributed by atoms with van der Waals surface area (Å²) in [4.78, 5) is 39.7. The van der Waals surface area contributed by atoms with E-state index >= 15 is 0 Å². The topological polar surface area (TPSA) is 82.2 Å². The van der Waals surface area contributed by atoms with Crippen LogP contribution in [0.4, 0.5) is 4.79 Å². The van der Waals surface area contributed by atoms with Crippen LogP contribution in [0, 0.1) is 0 Å². The second-order valence-corrected chi connectivity index (χ2v) is 4.55. The number of carbonyl (C=O) groups is 3. The standard InChI is InChI=1S/C12H18N4O4/c1-14(2)6-8-10(17)16(12(19)13-8)9(7-15(3)4)11(18)20-5/h6-7H,1-5H3,(H,13,19)/b8-6-,9-7+. The zero-order valence-corrected chi connectivity index (χ0v) is 12.1. The lowest BCUT2D eigenvalue weighted by molar-refractivity contribution is -0.139. The minimum atomic E-state index is -0.770. The molecule has 8 heteroatoms. The van der Waals surface area contributed by atoms with Crippen LogP contribution in [-0.2, 0) is 14.3 Å². The zero-order chi connectivity index (χ0) is 15.4. The maximum Gasteiger partial charge on any atom is 0.356 e.